The van der Waals surface area contributed by atoms with Crippen molar-refractivity contribution in [3.05, 3.63) is 29.3 Å². The van der Waals surface area contributed by atoms with Crippen LogP contribution in [0.4, 0.5) is 13.2 Å². The summed E-state index contributed by atoms with van der Waals surface area (Å²) in [4.78, 5) is 0. The van der Waals surface area contributed by atoms with Crippen molar-refractivity contribution in [1.29, 1.82) is 0 Å². The lowest BCUT2D eigenvalue weighted by Crippen LogP contribution is -2.13. The fourth-order valence-corrected chi connectivity index (χ4v) is 1.81. The maximum Gasteiger partial charge on any atom is 0.419 e. The van der Waals surface area contributed by atoms with Crippen LogP contribution in [-0.4, -0.2) is 19.8 Å². The number of rotatable bonds is 8. The molecule has 0 amide bonds. The number of halogens is 4. The fourth-order valence-electron chi connectivity index (χ4n) is 1.64. The Balaban J connectivity index is 2.54. The van der Waals surface area contributed by atoms with Gasteiger partial charge in [-0.25, -0.2) is 0 Å². The lowest BCUT2D eigenvalue weighted by atomic mass is 10.1. The predicted molar refractivity (Wildman–Crippen MR) is 76.8 cm³/mol. The first-order valence-corrected chi connectivity index (χ1v) is 7.34. The van der Waals surface area contributed by atoms with Gasteiger partial charge in [0.1, 0.15) is 12.4 Å². The van der Waals surface area contributed by atoms with Gasteiger partial charge in [0.05, 0.1) is 12.2 Å². The van der Waals surface area contributed by atoms with Crippen LogP contribution >= 0.6 is 11.6 Å². The predicted octanol–water partition coefficient (Wildman–Crippen LogP) is 4.89. The maximum absolute atomic E-state index is 12.9. The molecule has 0 radical (unpaired) electrons. The van der Waals surface area contributed by atoms with E-state index in [-0.39, 0.29) is 24.8 Å². The molecule has 0 saturated heterocycles. The molecule has 0 bridgehead atoms. The van der Waals surface area contributed by atoms with Crippen molar-refractivity contribution in [2.24, 2.45) is 5.92 Å². The van der Waals surface area contributed by atoms with Crippen LogP contribution in [0.3, 0.4) is 0 Å². The molecule has 0 aromatic heterocycles. The number of hydrogen-bond acceptors (Lipinski definition) is 2. The van der Waals surface area contributed by atoms with Crippen LogP contribution in [0, 0.1) is 5.92 Å². The molecule has 120 valence electrons. The first-order valence-electron chi connectivity index (χ1n) is 6.81. The number of ether oxygens (including phenoxy) is 2. The molecular weight excluding hydrogens is 305 g/mol. The van der Waals surface area contributed by atoms with Gasteiger partial charge in [-0.15, -0.1) is 11.6 Å². The van der Waals surface area contributed by atoms with Crippen LogP contribution in [0.1, 0.15) is 31.4 Å². The first-order chi connectivity index (χ1) is 9.84. The summed E-state index contributed by atoms with van der Waals surface area (Å²) in [6.45, 7) is 5.09. The summed E-state index contributed by atoms with van der Waals surface area (Å²) >= 11 is 5.56. The molecule has 0 aliphatic rings. The van der Waals surface area contributed by atoms with Crippen molar-refractivity contribution in [2.75, 3.05) is 19.8 Å². The second-order valence-electron chi connectivity index (χ2n) is 5.11. The summed E-state index contributed by atoms with van der Waals surface area (Å²) in [5, 5.41) is 0. The van der Waals surface area contributed by atoms with Gasteiger partial charge >= 0.3 is 6.18 Å². The summed E-state index contributed by atoms with van der Waals surface area (Å²) in [6, 6.07) is 3.84. The highest BCUT2D eigenvalue weighted by molar-refractivity contribution is 6.17. The second kappa shape index (κ2) is 8.49. The van der Waals surface area contributed by atoms with E-state index in [4.69, 9.17) is 21.1 Å². The van der Waals surface area contributed by atoms with Gasteiger partial charge in [0.15, 0.2) is 0 Å². The molecule has 0 N–H and O–H groups in total. The zero-order valence-electron chi connectivity index (χ0n) is 12.2. The van der Waals surface area contributed by atoms with Crippen molar-refractivity contribution < 1.29 is 22.6 Å². The molecule has 0 unspecified atom stereocenters. The van der Waals surface area contributed by atoms with Gasteiger partial charge in [-0.3, -0.25) is 0 Å². The molecule has 1 aromatic carbocycles. The van der Waals surface area contributed by atoms with Crippen molar-refractivity contribution >= 4 is 11.6 Å². The molecule has 0 aliphatic heterocycles. The van der Waals surface area contributed by atoms with Crippen LogP contribution in [0.5, 0.6) is 5.75 Å². The Morgan fingerprint density at radius 3 is 2.43 bits per heavy atom. The van der Waals surface area contributed by atoms with Crippen molar-refractivity contribution in [2.45, 2.75) is 32.3 Å². The molecule has 0 heterocycles. The minimum Gasteiger partial charge on any atom is -0.491 e. The zero-order chi connectivity index (χ0) is 15.9. The molecule has 2 nitrogen and oxygen atoms in total. The van der Waals surface area contributed by atoms with Crippen molar-refractivity contribution in [3.8, 4) is 5.75 Å². The van der Waals surface area contributed by atoms with E-state index in [0.29, 0.717) is 18.1 Å². The third-order valence-corrected chi connectivity index (χ3v) is 3.14. The quantitative estimate of drug-likeness (QED) is 0.501. The molecule has 6 heteroatoms. The van der Waals surface area contributed by atoms with Crippen LogP contribution in [0.25, 0.3) is 0 Å². The van der Waals surface area contributed by atoms with Crippen LogP contribution in [-0.2, 0) is 16.8 Å². The molecule has 1 rings (SSSR count). The smallest absolute Gasteiger partial charge is 0.419 e. The standard InChI is InChI=1S/C15H20ClF3O2/c1-11(2)5-6-20-7-8-21-14-4-3-12(10-16)9-13(14)15(17,18)19/h3-4,9,11H,5-8,10H2,1-2H3. The molecule has 1 aromatic rings. The van der Waals surface area contributed by atoms with E-state index in [1.807, 2.05) is 0 Å². The SMILES string of the molecule is CC(C)CCOCCOc1ccc(CCl)cc1C(F)(F)F. The average Bonchev–Trinajstić information content (AvgIpc) is 2.41. The molecule has 0 aliphatic carbocycles. The number of benzene rings is 1. The molecule has 21 heavy (non-hydrogen) atoms. The topological polar surface area (TPSA) is 18.5 Å². The van der Waals surface area contributed by atoms with E-state index >= 15 is 0 Å². The minimum absolute atomic E-state index is 0.0294. The zero-order valence-corrected chi connectivity index (χ0v) is 12.9. The van der Waals surface area contributed by atoms with Gasteiger partial charge in [-0.1, -0.05) is 19.9 Å². The van der Waals surface area contributed by atoms with E-state index in [1.54, 1.807) is 0 Å². The van der Waals surface area contributed by atoms with E-state index in [2.05, 4.69) is 13.8 Å². The molecule has 0 saturated carbocycles. The third-order valence-electron chi connectivity index (χ3n) is 2.83. The Morgan fingerprint density at radius 1 is 1.14 bits per heavy atom. The van der Waals surface area contributed by atoms with Crippen molar-refractivity contribution in [1.82, 2.24) is 0 Å². The molecule has 0 atom stereocenters. The lowest BCUT2D eigenvalue weighted by Gasteiger charge is -2.15. The van der Waals surface area contributed by atoms with Crippen LogP contribution in [0.15, 0.2) is 18.2 Å². The Kier molecular flexibility index (Phi) is 7.32. The van der Waals surface area contributed by atoms with Gasteiger partial charge in [0.25, 0.3) is 0 Å². The fraction of sp³-hybridized carbons (Fsp3) is 0.600. The summed E-state index contributed by atoms with van der Waals surface area (Å²) in [5.41, 5.74) is -0.396. The Labute approximate surface area is 128 Å². The Hall–Kier alpha value is -0.940. The molecule has 0 spiro atoms. The van der Waals surface area contributed by atoms with Gasteiger partial charge < -0.3 is 9.47 Å². The first kappa shape index (κ1) is 18.1. The minimum atomic E-state index is -4.46. The summed E-state index contributed by atoms with van der Waals surface area (Å²) in [7, 11) is 0. The van der Waals surface area contributed by atoms with E-state index < -0.39 is 11.7 Å². The monoisotopic (exact) mass is 324 g/mol. The van der Waals surface area contributed by atoms with Crippen LogP contribution < -0.4 is 4.74 Å². The van der Waals surface area contributed by atoms with E-state index in [1.165, 1.54) is 12.1 Å². The van der Waals surface area contributed by atoms with Gasteiger partial charge in [-0.2, -0.15) is 13.2 Å². The highest BCUT2D eigenvalue weighted by atomic mass is 35.5. The number of alkyl halides is 4. The highest BCUT2D eigenvalue weighted by Crippen LogP contribution is 2.37. The lowest BCUT2D eigenvalue weighted by molar-refractivity contribution is -0.139. The largest absolute Gasteiger partial charge is 0.491 e. The van der Waals surface area contributed by atoms with E-state index in [0.717, 1.165) is 12.5 Å². The Morgan fingerprint density at radius 2 is 1.86 bits per heavy atom. The second-order valence-corrected chi connectivity index (χ2v) is 5.37. The van der Waals surface area contributed by atoms with E-state index in [9.17, 15) is 13.2 Å². The van der Waals surface area contributed by atoms with Gasteiger partial charge in [-0.05, 0) is 30.0 Å². The van der Waals surface area contributed by atoms with Gasteiger partial charge in [0, 0.05) is 12.5 Å². The highest BCUT2D eigenvalue weighted by Gasteiger charge is 2.34. The van der Waals surface area contributed by atoms with Gasteiger partial charge in [0.2, 0.25) is 0 Å². The number of hydrogen-bond donors (Lipinski definition) is 0. The van der Waals surface area contributed by atoms with Crippen molar-refractivity contribution in [3.63, 3.8) is 0 Å². The molecule has 0 fully saturated rings. The summed E-state index contributed by atoms with van der Waals surface area (Å²) < 4.78 is 49.3. The normalized spacial score (nSPS) is 12.0. The molecular formula is C15H20ClF3O2. The average molecular weight is 325 g/mol. The van der Waals surface area contributed by atoms with Crippen LogP contribution in [0.2, 0.25) is 0 Å². The third kappa shape index (κ3) is 6.57. The maximum atomic E-state index is 12.9. The summed E-state index contributed by atoms with van der Waals surface area (Å²) in [6.07, 6.45) is -3.55. The Bertz CT molecular complexity index is 433. The summed E-state index contributed by atoms with van der Waals surface area (Å²) in [5.74, 6) is 0.372.